The Kier molecular flexibility index (Phi) is 7.37. The molecule has 8 nitrogen and oxygen atoms in total. The molecule has 0 unspecified atom stereocenters. The van der Waals surface area contributed by atoms with Gasteiger partial charge < -0.3 is 15.4 Å². The molecule has 2 aromatic carbocycles. The van der Waals surface area contributed by atoms with Crippen molar-refractivity contribution >= 4 is 17.3 Å². The van der Waals surface area contributed by atoms with E-state index >= 15 is 0 Å². The number of carbonyl (C=O) groups is 1. The van der Waals surface area contributed by atoms with E-state index in [9.17, 15) is 14.9 Å². The highest BCUT2D eigenvalue weighted by Gasteiger charge is 2.18. The van der Waals surface area contributed by atoms with E-state index in [-0.39, 0.29) is 23.2 Å². The van der Waals surface area contributed by atoms with Crippen molar-refractivity contribution in [2.24, 2.45) is 0 Å². The van der Waals surface area contributed by atoms with E-state index in [2.05, 4.69) is 27.7 Å². The molecule has 2 aromatic rings. The number of benzene rings is 2. The van der Waals surface area contributed by atoms with Gasteiger partial charge in [0.2, 0.25) is 0 Å². The molecule has 8 heteroatoms. The molecule has 1 heterocycles. The van der Waals surface area contributed by atoms with Crippen molar-refractivity contribution in [3.63, 3.8) is 0 Å². The maximum atomic E-state index is 12.2. The zero-order valence-electron chi connectivity index (χ0n) is 17.4. The summed E-state index contributed by atoms with van der Waals surface area (Å²) in [5.74, 6) is -0.324. The molecule has 0 bridgehead atoms. The third kappa shape index (κ3) is 6.01. The highest BCUT2D eigenvalue weighted by Crippen LogP contribution is 2.26. The van der Waals surface area contributed by atoms with Crippen LogP contribution >= 0.6 is 0 Å². The zero-order chi connectivity index (χ0) is 21.5. The lowest BCUT2D eigenvalue weighted by atomic mass is 10.1. The Bertz CT molecular complexity index is 894. The van der Waals surface area contributed by atoms with E-state index in [0.717, 1.165) is 38.4 Å². The number of hydrogen-bond acceptors (Lipinski definition) is 6. The number of rotatable bonds is 8. The van der Waals surface area contributed by atoms with Crippen LogP contribution in [-0.4, -0.2) is 48.1 Å². The normalized spacial score (nSPS) is 14.5. The van der Waals surface area contributed by atoms with E-state index in [1.165, 1.54) is 11.6 Å². The number of anilines is 1. The summed E-state index contributed by atoms with van der Waals surface area (Å²) in [5, 5.41) is 17.4. The molecular formula is C22H28N4O4. The van der Waals surface area contributed by atoms with Gasteiger partial charge in [0, 0.05) is 43.9 Å². The lowest BCUT2D eigenvalue weighted by Gasteiger charge is -2.26. The summed E-state index contributed by atoms with van der Waals surface area (Å²) >= 11 is 0. The minimum Gasteiger partial charge on any atom is -0.379 e. The Hall–Kier alpha value is -2.97. The minimum atomic E-state index is -0.469. The first-order valence-electron chi connectivity index (χ1n) is 10.1. The second-order valence-electron chi connectivity index (χ2n) is 7.68. The SMILES string of the molecule is CC(C)NC(=O)c1ccc(NCc2cccc(CN3CCOCC3)c2)c([N+](=O)[O-])c1. The number of nitrogens with one attached hydrogen (secondary N) is 2. The molecule has 1 aliphatic rings. The predicted molar refractivity (Wildman–Crippen MR) is 116 cm³/mol. The molecule has 1 amide bonds. The monoisotopic (exact) mass is 412 g/mol. The number of nitro groups is 1. The lowest BCUT2D eigenvalue weighted by molar-refractivity contribution is -0.384. The molecule has 0 radical (unpaired) electrons. The largest absolute Gasteiger partial charge is 0.379 e. The van der Waals surface area contributed by atoms with Crippen LogP contribution in [0.15, 0.2) is 42.5 Å². The van der Waals surface area contributed by atoms with Crippen LogP contribution in [0.3, 0.4) is 0 Å². The van der Waals surface area contributed by atoms with Crippen LogP contribution in [0.25, 0.3) is 0 Å². The molecule has 3 rings (SSSR count). The summed E-state index contributed by atoms with van der Waals surface area (Å²) in [6.07, 6.45) is 0. The van der Waals surface area contributed by atoms with E-state index in [1.807, 2.05) is 26.0 Å². The quantitative estimate of drug-likeness (QED) is 0.511. The smallest absolute Gasteiger partial charge is 0.293 e. The average molecular weight is 412 g/mol. The van der Waals surface area contributed by atoms with Crippen LogP contribution in [0.1, 0.15) is 35.3 Å². The Balaban J connectivity index is 1.68. The van der Waals surface area contributed by atoms with Gasteiger partial charge in [-0.3, -0.25) is 19.8 Å². The molecule has 0 atom stereocenters. The van der Waals surface area contributed by atoms with Crippen molar-refractivity contribution in [3.8, 4) is 0 Å². The van der Waals surface area contributed by atoms with E-state index in [0.29, 0.717) is 12.2 Å². The molecule has 0 aliphatic carbocycles. The Morgan fingerprint density at radius 1 is 1.17 bits per heavy atom. The van der Waals surface area contributed by atoms with Gasteiger partial charge in [0.1, 0.15) is 5.69 Å². The van der Waals surface area contributed by atoms with E-state index in [1.54, 1.807) is 12.1 Å². The molecular weight excluding hydrogens is 384 g/mol. The van der Waals surface area contributed by atoms with Gasteiger partial charge in [0.15, 0.2) is 0 Å². The topological polar surface area (TPSA) is 96.7 Å². The van der Waals surface area contributed by atoms with Crippen LogP contribution in [0.5, 0.6) is 0 Å². The maximum absolute atomic E-state index is 12.2. The highest BCUT2D eigenvalue weighted by molar-refractivity contribution is 5.95. The summed E-state index contributed by atoms with van der Waals surface area (Å²) in [4.78, 5) is 25.6. The average Bonchev–Trinajstić information content (AvgIpc) is 2.72. The first-order valence-corrected chi connectivity index (χ1v) is 10.1. The van der Waals surface area contributed by atoms with Crippen LogP contribution in [0, 0.1) is 10.1 Å². The summed E-state index contributed by atoms with van der Waals surface area (Å²) < 4.78 is 5.39. The lowest BCUT2D eigenvalue weighted by Crippen LogP contribution is -2.35. The van der Waals surface area contributed by atoms with Gasteiger partial charge in [0.25, 0.3) is 11.6 Å². The second kappa shape index (κ2) is 10.2. The van der Waals surface area contributed by atoms with Crippen LogP contribution in [0.4, 0.5) is 11.4 Å². The summed E-state index contributed by atoms with van der Waals surface area (Å²) in [7, 11) is 0. The fraction of sp³-hybridized carbons (Fsp3) is 0.409. The van der Waals surface area contributed by atoms with Crippen molar-refractivity contribution in [2.45, 2.75) is 33.0 Å². The summed E-state index contributed by atoms with van der Waals surface area (Å²) in [6, 6.07) is 12.6. The molecule has 1 fully saturated rings. The van der Waals surface area contributed by atoms with Crippen molar-refractivity contribution in [1.82, 2.24) is 10.2 Å². The summed E-state index contributed by atoms with van der Waals surface area (Å²) in [6.45, 7) is 8.36. The van der Waals surface area contributed by atoms with Crippen molar-refractivity contribution in [1.29, 1.82) is 0 Å². The van der Waals surface area contributed by atoms with Gasteiger partial charge >= 0.3 is 0 Å². The number of morpholine rings is 1. The third-order valence-corrected chi connectivity index (χ3v) is 4.86. The Morgan fingerprint density at radius 3 is 2.60 bits per heavy atom. The minimum absolute atomic E-state index is 0.0425. The van der Waals surface area contributed by atoms with Crippen LogP contribution in [-0.2, 0) is 17.8 Å². The van der Waals surface area contributed by atoms with Crippen LogP contribution in [0.2, 0.25) is 0 Å². The maximum Gasteiger partial charge on any atom is 0.293 e. The number of nitrogens with zero attached hydrogens (tertiary/aromatic N) is 2. The number of carbonyl (C=O) groups excluding carboxylic acids is 1. The zero-order valence-corrected chi connectivity index (χ0v) is 17.4. The second-order valence-corrected chi connectivity index (χ2v) is 7.68. The predicted octanol–water partition coefficient (Wildman–Crippen LogP) is 3.18. The van der Waals surface area contributed by atoms with Crippen LogP contribution < -0.4 is 10.6 Å². The number of nitro benzene ring substituents is 1. The van der Waals surface area contributed by atoms with Gasteiger partial charge in [-0.1, -0.05) is 24.3 Å². The number of hydrogen-bond donors (Lipinski definition) is 2. The molecule has 0 spiro atoms. The fourth-order valence-corrected chi connectivity index (χ4v) is 3.37. The van der Waals surface area contributed by atoms with Gasteiger partial charge in [0.05, 0.1) is 18.1 Å². The molecule has 2 N–H and O–H groups in total. The van der Waals surface area contributed by atoms with E-state index < -0.39 is 4.92 Å². The molecule has 1 saturated heterocycles. The first-order chi connectivity index (χ1) is 14.4. The molecule has 30 heavy (non-hydrogen) atoms. The third-order valence-electron chi connectivity index (χ3n) is 4.86. The summed E-state index contributed by atoms with van der Waals surface area (Å²) in [5.41, 5.74) is 2.78. The first kappa shape index (κ1) is 21.7. The molecule has 1 aliphatic heterocycles. The number of amides is 1. The van der Waals surface area contributed by atoms with Gasteiger partial charge in [-0.05, 0) is 37.1 Å². The van der Waals surface area contributed by atoms with Crippen molar-refractivity contribution < 1.29 is 14.5 Å². The van der Waals surface area contributed by atoms with Gasteiger partial charge in [-0.15, -0.1) is 0 Å². The van der Waals surface area contributed by atoms with E-state index in [4.69, 9.17) is 4.74 Å². The fourth-order valence-electron chi connectivity index (χ4n) is 3.37. The van der Waals surface area contributed by atoms with Gasteiger partial charge in [-0.25, -0.2) is 0 Å². The molecule has 0 aromatic heterocycles. The standard InChI is InChI=1S/C22H28N4O4/c1-16(2)24-22(27)19-6-7-20(21(13-19)26(28)29)23-14-17-4-3-5-18(12-17)15-25-8-10-30-11-9-25/h3-7,12-13,16,23H,8-11,14-15H2,1-2H3,(H,24,27). The Labute approximate surface area is 176 Å². The molecule has 160 valence electrons. The Morgan fingerprint density at radius 2 is 1.90 bits per heavy atom. The molecule has 0 saturated carbocycles. The highest BCUT2D eigenvalue weighted by atomic mass is 16.6. The van der Waals surface area contributed by atoms with Crippen molar-refractivity contribution in [2.75, 3.05) is 31.6 Å². The van der Waals surface area contributed by atoms with Crippen molar-refractivity contribution in [3.05, 3.63) is 69.3 Å². The number of ether oxygens (including phenoxy) is 1. The van der Waals surface area contributed by atoms with Gasteiger partial charge in [-0.2, -0.15) is 0 Å².